The van der Waals surface area contributed by atoms with Crippen LogP contribution in [0.1, 0.15) is 110 Å². The molecule has 0 bridgehead atoms. The maximum atomic E-state index is 14.0. The van der Waals surface area contributed by atoms with Gasteiger partial charge in [-0.1, -0.05) is 33.6 Å². The van der Waals surface area contributed by atoms with Gasteiger partial charge < -0.3 is 14.5 Å². The van der Waals surface area contributed by atoms with E-state index < -0.39 is 34.8 Å². The minimum atomic E-state index is -0.713. The van der Waals surface area contributed by atoms with E-state index in [9.17, 15) is 14.4 Å². The van der Waals surface area contributed by atoms with Gasteiger partial charge in [-0.3, -0.25) is 19.7 Å². The summed E-state index contributed by atoms with van der Waals surface area (Å²) >= 11 is 3.22. The Kier molecular flexibility index (Phi) is 8.01. The number of nitrogens with one attached hydrogen (secondary N) is 1. The molecule has 1 N–H and O–H groups in total. The van der Waals surface area contributed by atoms with Gasteiger partial charge in [0.1, 0.15) is 23.5 Å². The van der Waals surface area contributed by atoms with Crippen molar-refractivity contribution in [3.63, 3.8) is 0 Å². The van der Waals surface area contributed by atoms with Crippen LogP contribution in [0.4, 0.5) is 0 Å². The summed E-state index contributed by atoms with van der Waals surface area (Å²) in [4.78, 5) is 44.0. The average molecular weight is 590 g/mol. The SMILES string of the molecule is CCCCCC(=O)OC(C)n1nnnc1C1N2C(=O)C(N3C(=O)C(c4ccsc4)NC3(CC)CC)[C@@H]2SC1(C)C. The Morgan fingerprint density at radius 3 is 2.58 bits per heavy atom. The number of thiophene rings is 1. The Morgan fingerprint density at radius 1 is 1.18 bits per heavy atom. The Balaban J connectivity index is 1.40. The molecule has 13 heteroatoms. The standard InChI is InChI=1S/C27H39N7O4S2/c1-7-10-11-12-18(35)38-16(4)34-22(29-30-31-34)21-26(5,6)40-25-20(24(37)32(21)25)33-23(36)19(17-13-14-39-15-17)28-27(33,8-2)9-3/h13-16,19-21,25,28H,7-12H2,1-6H3/t16?,19?,20?,21?,25-/m0/s1. The predicted octanol–water partition coefficient (Wildman–Crippen LogP) is 4.17. The second-order valence-corrected chi connectivity index (χ2v) is 13.9. The van der Waals surface area contributed by atoms with Gasteiger partial charge in [0, 0.05) is 11.2 Å². The van der Waals surface area contributed by atoms with Gasteiger partial charge in [-0.25, -0.2) is 0 Å². The zero-order valence-electron chi connectivity index (χ0n) is 24.0. The Labute approximate surface area is 243 Å². The second kappa shape index (κ2) is 11.1. The smallest absolute Gasteiger partial charge is 0.307 e. The molecule has 11 nitrogen and oxygen atoms in total. The number of aromatic nitrogens is 4. The topological polar surface area (TPSA) is 123 Å². The van der Waals surface area contributed by atoms with Gasteiger partial charge in [-0.05, 0) is 72.9 Å². The number of esters is 1. The minimum absolute atomic E-state index is 0.0598. The molecule has 40 heavy (non-hydrogen) atoms. The molecule has 218 valence electrons. The first-order valence-electron chi connectivity index (χ1n) is 14.2. The molecule has 2 aromatic rings. The van der Waals surface area contributed by atoms with Gasteiger partial charge >= 0.3 is 5.97 Å². The summed E-state index contributed by atoms with van der Waals surface area (Å²) in [7, 11) is 0. The van der Waals surface area contributed by atoms with Crippen molar-refractivity contribution < 1.29 is 19.1 Å². The van der Waals surface area contributed by atoms with Crippen molar-refractivity contribution in [1.29, 1.82) is 0 Å². The highest BCUT2D eigenvalue weighted by molar-refractivity contribution is 8.01. The molecule has 0 aromatic carbocycles. The third-order valence-corrected chi connectivity index (χ3v) is 10.7. The van der Waals surface area contributed by atoms with E-state index in [1.165, 1.54) is 4.68 Å². The van der Waals surface area contributed by atoms with Crippen molar-refractivity contribution in [2.24, 2.45) is 0 Å². The summed E-state index contributed by atoms with van der Waals surface area (Å²) in [6.45, 7) is 12.1. The third-order valence-electron chi connectivity index (χ3n) is 8.49. The molecular formula is C27H39N7O4S2. The molecule has 0 aliphatic carbocycles. The fraction of sp³-hybridized carbons (Fsp3) is 0.704. The Morgan fingerprint density at radius 2 is 1.93 bits per heavy atom. The van der Waals surface area contributed by atoms with Gasteiger partial charge in [0.25, 0.3) is 0 Å². The normalized spacial score (nSPS) is 27.6. The number of tetrazole rings is 1. The fourth-order valence-electron chi connectivity index (χ4n) is 6.32. The van der Waals surface area contributed by atoms with Crippen LogP contribution in [0, 0.1) is 0 Å². The number of unbranched alkanes of at least 4 members (excludes halogenated alkanes) is 2. The number of amides is 2. The maximum Gasteiger partial charge on any atom is 0.307 e. The number of thioether (sulfide) groups is 1. The summed E-state index contributed by atoms with van der Waals surface area (Å²) in [6.07, 6.45) is 3.76. The van der Waals surface area contributed by atoms with Crippen LogP contribution in [0.2, 0.25) is 0 Å². The van der Waals surface area contributed by atoms with Gasteiger partial charge in [0.05, 0.1) is 5.66 Å². The summed E-state index contributed by atoms with van der Waals surface area (Å²) in [5.41, 5.74) is 0.322. The Bertz CT molecular complexity index is 1250. The maximum absolute atomic E-state index is 14.0. The lowest BCUT2D eigenvalue weighted by molar-refractivity contribution is -0.167. The first kappa shape index (κ1) is 29.0. The number of carbonyl (C=O) groups is 3. The van der Waals surface area contributed by atoms with E-state index in [1.54, 1.807) is 30.0 Å². The highest BCUT2D eigenvalue weighted by atomic mass is 32.2. The van der Waals surface area contributed by atoms with E-state index in [1.807, 2.05) is 26.6 Å². The third kappa shape index (κ3) is 4.63. The van der Waals surface area contributed by atoms with Crippen molar-refractivity contribution in [2.75, 3.05) is 0 Å². The lowest BCUT2D eigenvalue weighted by atomic mass is 9.92. The molecule has 3 aliphatic heterocycles. The Hall–Kier alpha value is -2.51. The van der Waals surface area contributed by atoms with E-state index in [0.717, 1.165) is 24.8 Å². The number of carbonyl (C=O) groups excluding carboxylic acids is 3. The first-order valence-corrected chi connectivity index (χ1v) is 16.0. The van der Waals surface area contributed by atoms with Crippen LogP contribution in [-0.4, -0.2) is 69.6 Å². The van der Waals surface area contributed by atoms with Crippen molar-refractivity contribution in [2.45, 2.75) is 120 Å². The molecular weight excluding hydrogens is 550 g/mol. The van der Waals surface area contributed by atoms with Crippen molar-refractivity contribution in [3.05, 3.63) is 28.2 Å². The summed E-state index contributed by atoms with van der Waals surface area (Å²) in [5, 5.41) is 19.6. The van der Waals surface area contributed by atoms with Gasteiger partial charge in [-0.15, -0.1) is 16.9 Å². The zero-order chi connectivity index (χ0) is 28.8. The highest BCUT2D eigenvalue weighted by Crippen LogP contribution is 2.59. The molecule has 0 saturated carbocycles. The van der Waals surface area contributed by atoms with E-state index in [4.69, 9.17) is 4.74 Å². The fourth-order valence-corrected chi connectivity index (χ4v) is 8.68. The van der Waals surface area contributed by atoms with Crippen LogP contribution in [0.25, 0.3) is 0 Å². The van der Waals surface area contributed by atoms with Crippen LogP contribution in [-0.2, 0) is 19.1 Å². The van der Waals surface area contributed by atoms with Gasteiger partial charge in [0.2, 0.25) is 11.8 Å². The largest absolute Gasteiger partial charge is 0.440 e. The van der Waals surface area contributed by atoms with Gasteiger partial charge in [0.15, 0.2) is 12.1 Å². The molecule has 0 spiro atoms. The zero-order valence-corrected chi connectivity index (χ0v) is 25.6. The molecule has 3 fully saturated rings. The van der Waals surface area contributed by atoms with Crippen LogP contribution in [0.15, 0.2) is 16.8 Å². The summed E-state index contributed by atoms with van der Waals surface area (Å²) in [5.74, 6) is 0.00525. The number of fused-ring (bicyclic) bond motifs is 1. The van der Waals surface area contributed by atoms with Crippen LogP contribution < -0.4 is 5.32 Å². The molecule has 2 amide bonds. The van der Waals surface area contributed by atoms with Crippen LogP contribution in [0.5, 0.6) is 0 Å². The van der Waals surface area contributed by atoms with Crippen LogP contribution >= 0.6 is 23.1 Å². The molecule has 3 aliphatic rings. The van der Waals surface area contributed by atoms with E-state index in [2.05, 4.69) is 55.5 Å². The molecule has 2 aromatic heterocycles. The number of ether oxygens (including phenoxy) is 1. The number of nitrogens with zero attached hydrogens (tertiary/aromatic N) is 6. The number of hydrogen-bond donors (Lipinski definition) is 1. The van der Waals surface area contributed by atoms with Crippen molar-refractivity contribution >= 4 is 40.9 Å². The van der Waals surface area contributed by atoms with Crippen LogP contribution in [0.3, 0.4) is 0 Å². The molecule has 5 heterocycles. The van der Waals surface area contributed by atoms with Crippen molar-refractivity contribution in [1.82, 2.24) is 35.3 Å². The van der Waals surface area contributed by atoms with Crippen molar-refractivity contribution in [3.8, 4) is 0 Å². The van der Waals surface area contributed by atoms with E-state index in [-0.39, 0.29) is 23.2 Å². The molecule has 0 radical (unpaired) electrons. The second-order valence-electron chi connectivity index (χ2n) is 11.3. The van der Waals surface area contributed by atoms with E-state index >= 15 is 0 Å². The number of β-lactam (4-membered cyclic amide) rings is 1. The predicted molar refractivity (Wildman–Crippen MR) is 152 cm³/mol. The number of rotatable bonds is 11. The van der Waals surface area contributed by atoms with Gasteiger partial charge in [-0.2, -0.15) is 16.0 Å². The molecule has 4 unspecified atom stereocenters. The monoisotopic (exact) mass is 589 g/mol. The number of hydrogen-bond acceptors (Lipinski definition) is 10. The average Bonchev–Trinajstić information content (AvgIpc) is 3.70. The summed E-state index contributed by atoms with van der Waals surface area (Å²) in [6, 6.07) is 0.466. The first-order chi connectivity index (χ1) is 19.1. The molecule has 5 atom stereocenters. The molecule has 3 saturated heterocycles. The lowest BCUT2D eigenvalue weighted by Crippen LogP contribution is -2.72. The minimum Gasteiger partial charge on any atom is -0.440 e. The highest BCUT2D eigenvalue weighted by Gasteiger charge is 2.68. The quantitative estimate of drug-likeness (QED) is 0.234. The van der Waals surface area contributed by atoms with E-state index in [0.29, 0.717) is 25.1 Å². The summed E-state index contributed by atoms with van der Waals surface area (Å²) < 4.78 is 6.70. The molecule has 5 rings (SSSR count). The lowest BCUT2D eigenvalue weighted by Gasteiger charge is -2.52.